The number of nitrogen functional groups attached to an aromatic ring is 2. The van der Waals surface area contributed by atoms with Gasteiger partial charge in [0.1, 0.15) is 0 Å². The molecule has 1 fully saturated rings. The molecule has 0 aliphatic carbocycles. The number of hydrogen-bond acceptors (Lipinski definition) is 9. The Morgan fingerprint density at radius 2 is 1.50 bits per heavy atom. The summed E-state index contributed by atoms with van der Waals surface area (Å²) in [5.74, 6) is -1.52. The summed E-state index contributed by atoms with van der Waals surface area (Å²) in [6.45, 7) is 5.67. The predicted molar refractivity (Wildman–Crippen MR) is 215 cm³/mol. The summed E-state index contributed by atoms with van der Waals surface area (Å²) >= 11 is 0. The molecule has 0 bridgehead atoms. The van der Waals surface area contributed by atoms with Crippen LogP contribution in [0.3, 0.4) is 0 Å². The molecule has 13 nitrogen and oxygen atoms in total. The molecule has 5 aromatic rings. The molecule has 1 spiro atoms. The summed E-state index contributed by atoms with van der Waals surface area (Å²) in [5.41, 5.74) is 15.1. The third kappa shape index (κ3) is 7.52. The summed E-state index contributed by atoms with van der Waals surface area (Å²) in [6, 6.07) is 25.7. The Morgan fingerprint density at radius 3 is 2.09 bits per heavy atom. The molecule has 2 aliphatic rings. The molecule has 2 aliphatic heterocycles. The Kier molecular flexibility index (Phi) is 10.5. The molecular formula is C41H45FN8O5Si. The van der Waals surface area contributed by atoms with E-state index in [9.17, 15) is 14.7 Å². The highest BCUT2D eigenvalue weighted by Gasteiger charge is 2.66. The lowest BCUT2D eigenvalue weighted by Crippen LogP contribution is -2.45. The van der Waals surface area contributed by atoms with Crippen molar-refractivity contribution in [2.24, 2.45) is 5.92 Å². The van der Waals surface area contributed by atoms with Gasteiger partial charge in [-0.1, -0.05) is 24.3 Å². The van der Waals surface area contributed by atoms with E-state index in [0.29, 0.717) is 70.2 Å². The average Bonchev–Trinajstić information content (AvgIpc) is 3.81. The van der Waals surface area contributed by atoms with Crippen LogP contribution in [0.15, 0.2) is 97.2 Å². The number of amides is 3. The minimum atomic E-state index is -3.47. The van der Waals surface area contributed by atoms with Gasteiger partial charge in [-0.2, -0.15) is 0 Å². The van der Waals surface area contributed by atoms with Crippen molar-refractivity contribution < 1.29 is 28.3 Å². The maximum absolute atomic E-state index is 16.5. The monoisotopic (exact) mass is 776 g/mol. The molecule has 56 heavy (non-hydrogen) atoms. The Bertz CT molecular complexity index is 2240. The number of anilines is 5. The first kappa shape index (κ1) is 38.4. The van der Waals surface area contributed by atoms with Crippen LogP contribution < -0.4 is 27.0 Å². The van der Waals surface area contributed by atoms with E-state index in [-0.39, 0.29) is 30.9 Å². The van der Waals surface area contributed by atoms with Gasteiger partial charge >= 0.3 is 0 Å². The molecular weight excluding hydrogens is 732 g/mol. The van der Waals surface area contributed by atoms with E-state index in [2.05, 4.69) is 20.9 Å². The number of ether oxygens (including phenoxy) is 1. The van der Waals surface area contributed by atoms with Crippen molar-refractivity contribution in [3.05, 3.63) is 125 Å². The molecule has 7 N–H and O–H groups in total. The number of carbonyl (C=O) groups is 3. The smallest absolute Gasteiger partial charge is 0.264 e. The number of carbonyl (C=O) groups excluding carboxylic acids is 3. The number of halogens is 1. The zero-order valence-corrected chi connectivity index (χ0v) is 32.4. The molecule has 3 heterocycles. The zero-order chi connectivity index (χ0) is 39.8. The number of aryl methyl sites for hydroxylation is 1. The second-order valence-corrected chi connectivity index (χ2v) is 18.8. The van der Waals surface area contributed by atoms with Crippen LogP contribution in [0.5, 0.6) is 0 Å². The maximum Gasteiger partial charge on any atom is 0.264 e. The van der Waals surface area contributed by atoms with E-state index in [0.717, 1.165) is 5.56 Å². The number of benzene rings is 4. The van der Waals surface area contributed by atoms with Gasteiger partial charge in [0, 0.05) is 76.7 Å². The van der Waals surface area contributed by atoms with Gasteiger partial charge < -0.3 is 41.0 Å². The number of nitrogens with one attached hydrogen (secondary N) is 2. The van der Waals surface area contributed by atoms with E-state index in [1.165, 1.54) is 0 Å². The van der Waals surface area contributed by atoms with Crippen molar-refractivity contribution in [1.82, 2.24) is 15.0 Å². The van der Waals surface area contributed by atoms with E-state index in [1.54, 1.807) is 108 Å². The first-order chi connectivity index (χ1) is 26.8. The number of nitrogens with zero attached hydrogens (tertiary/aromatic N) is 4. The molecule has 7 rings (SSSR count). The lowest BCUT2D eigenvalue weighted by Gasteiger charge is -2.31. The third-order valence-corrected chi connectivity index (χ3v) is 13.2. The van der Waals surface area contributed by atoms with Crippen LogP contribution in [0.25, 0.3) is 0 Å². The molecule has 290 valence electrons. The molecule has 0 radical (unpaired) electrons. The van der Waals surface area contributed by atoms with E-state index >= 15 is 8.90 Å². The topological polar surface area (TPSA) is 191 Å². The quantitative estimate of drug-likeness (QED) is 0.0584. The van der Waals surface area contributed by atoms with Crippen LogP contribution in [0.2, 0.25) is 18.6 Å². The SMILES string of the molecule is C[C@@H]1[C@@H]([Si](C)(C)F)[C@H](CCn2cc(CCO)nn2)O[C@@]12C(=O)N(Cc1ccc(NC(=O)c3ccc(N)cc3)cc1)c1ccc(NC(=O)c3ccc(N)cc3)cc12. The summed E-state index contributed by atoms with van der Waals surface area (Å²) < 4.78 is 25.1. The molecule has 0 saturated carbocycles. The van der Waals surface area contributed by atoms with Gasteiger partial charge in [0.05, 0.1) is 24.0 Å². The second-order valence-electron chi connectivity index (χ2n) is 15.0. The van der Waals surface area contributed by atoms with Crippen LogP contribution in [0, 0.1) is 5.92 Å². The van der Waals surface area contributed by atoms with Crippen molar-refractivity contribution in [2.75, 3.05) is 33.6 Å². The number of aliphatic hydroxyl groups excluding tert-OH is 1. The van der Waals surface area contributed by atoms with Gasteiger partial charge in [-0.05, 0) is 104 Å². The van der Waals surface area contributed by atoms with Crippen molar-refractivity contribution >= 4 is 54.6 Å². The summed E-state index contributed by atoms with van der Waals surface area (Å²) in [4.78, 5) is 42.8. The number of fused-ring (bicyclic) bond motifs is 2. The number of nitrogens with two attached hydrogens (primary N) is 2. The van der Waals surface area contributed by atoms with Crippen LogP contribution in [-0.2, 0) is 34.6 Å². The van der Waals surface area contributed by atoms with Crippen LogP contribution in [-0.4, -0.2) is 58.9 Å². The standard InChI is InChI=1S/C41H45FN8O5Si/c1-25-37(56(2,3)42)36(18-20-49-24-33(19-21-51)47-48-49)55-41(25)34-22-32(46-39(53)28-8-12-30(44)13-9-28)16-17-35(34)50(40(41)54)23-26-4-14-31(15-5-26)45-38(52)27-6-10-29(43)11-7-27/h4-17,22,24-25,36-37,51H,18-21,23,43-44H2,1-3H3,(H,45,52)(H,46,53)/t25-,36+,37-,41+/m1/s1. The molecule has 3 amide bonds. The van der Waals surface area contributed by atoms with Crippen LogP contribution in [0.1, 0.15) is 50.9 Å². The van der Waals surface area contributed by atoms with Crippen molar-refractivity contribution in [3.8, 4) is 0 Å². The Balaban J connectivity index is 1.20. The molecule has 1 aromatic heterocycles. The fraction of sp³-hybridized carbons (Fsp3) is 0.293. The molecule has 0 unspecified atom stereocenters. The van der Waals surface area contributed by atoms with E-state index < -0.39 is 31.6 Å². The number of hydrogen-bond donors (Lipinski definition) is 5. The highest BCUT2D eigenvalue weighted by atomic mass is 28.4. The largest absolute Gasteiger partial charge is 0.399 e. The summed E-state index contributed by atoms with van der Waals surface area (Å²) in [6.07, 6.45) is 1.86. The lowest BCUT2D eigenvalue weighted by molar-refractivity contribution is -0.146. The van der Waals surface area contributed by atoms with Gasteiger partial charge in [-0.3, -0.25) is 19.1 Å². The van der Waals surface area contributed by atoms with E-state index in [1.807, 2.05) is 19.1 Å². The summed E-state index contributed by atoms with van der Waals surface area (Å²) in [5, 5.41) is 23.5. The number of aliphatic hydroxyl groups is 1. The number of aromatic nitrogens is 3. The zero-order valence-electron chi connectivity index (χ0n) is 31.4. The van der Waals surface area contributed by atoms with Crippen molar-refractivity contribution in [1.29, 1.82) is 0 Å². The van der Waals surface area contributed by atoms with Gasteiger partial charge in [0.15, 0.2) is 5.60 Å². The Labute approximate surface area is 325 Å². The van der Waals surface area contributed by atoms with Gasteiger partial charge in [0.2, 0.25) is 8.41 Å². The number of rotatable bonds is 12. The van der Waals surface area contributed by atoms with Gasteiger partial charge in [0.25, 0.3) is 17.7 Å². The van der Waals surface area contributed by atoms with Crippen molar-refractivity contribution in [3.63, 3.8) is 0 Å². The third-order valence-electron chi connectivity index (χ3n) is 10.7. The van der Waals surface area contributed by atoms with Crippen LogP contribution >= 0.6 is 0 Å². The first-order valence-corrected chi connectivity index (χ1v) is 21.5. The maximum atomic E-state index is 16.5. The average molecular weight is 777 g/mol. The highest BCUT2D eigenvalue weighted by Crippen LogP contribution is 2.60. The minimum Gasteiger partial charge on any atom is -0.399 e. The highest BCUT2D eigenvalue weighted by molar-refractivity contribution is 6.72. The van der Waals surface area contributed by atoms with Crippen molar-refractivity contribution in [2.45, 2.75) is 63.2 Å². The fourth-order valence-electron chi connectivity index (χ4n) is 8.04. The second kappa shape index (κ2) is 15.3. The van der Waals surface area contributed by atoms with Crippen LogP contribution in [0.4, 0.5) is 32.5 Å². The molecule has 15 heteroatoms. The minimum absolute atomic E-state index is 0.0557. The van der Waals surface area contributed by atoms with E-state index in [4.69, 9.17) is 16.2 Å². The molecule has 4 atom stereocenters. The first-order valence-electron chi connectivity index (χ1n) is 18.5. The summed E-state index contributed by atoms with van der Waals surface area (Å²) in [7, 11) is -3.47. The Hall–Kier alpha value is -5.90. The van der Waals surface area contributed by atoms with Gasteiger partial charge in [-0.15, -0.1) is 5.10 Å². The molecule has 1 saturated heterocycles. The lowest BCUT2D eigenvalue weighted by atomic mass is 9.82. The molecule has 4 aromatic carbocycles. The fourth-order valence-corrected chi connectivity index (χ4v) is 10.6. The Morgan fingerprint density at radius 1 is 0.911 bits per heavy atom. The predicted octanol–water partition coefficient (Wildman–Crippen LogP) is 5.89. The van der Waals surface area contributed by atoms with Gasteiger partial charge in [-0.25, -0.2) is 0 Å². The normalized spacial score (nSPS) is 20.3.